The summed E-state index contributed by atoms with van der Waals surface area (Å²) >= 11 is 6.17. The van der Waals surface area contributed by atoms with Gasteiger partial charge in [0, 0.05) is 23.2 Å². The standard InChI is InChI=1S/C14H10ClF3N4/c15-10-4-9(3-8-5-19-21-12(8)10)22-6-11(14(16,17)18)20-13(22)7-1-2-7/h3-7H,1-2H2,(H,19,21). The number of nitrogens with zero attached hydrogens (tertiary/aromatic N) is 3. The third-order valence-corrected chi connectivity index (χ3v) is 4.03. The van der Waals surface area contributed by atoms with E-state index in [2.05, 4.69) is 15.2 Å². The van der Waals surface area contributed by atoms with Crippen molar-refractivity contribution in [1.29, 1.82) is 0 Å². The molecule has 2 aromatic heterocycles. The highest BCUT2D eigenvalue weighted by atomic mass is 35.5. The normalized spacial score (nSPS) is 15.6. The molecule has 0 aliphatic heterocycles. The fourth-order valence-electron chi connectivity index (χ4n) is 2.51. The second-order valence-corrected chi connectivity index (χ2v) is 5.80. The number of aromatic nitrogens is 4. The highest BCUT2D eigenvalue weighted by Gasteiger charge is 2.38. The van der Waals surface area contributed by atoms with E-state index in [0.717, 1.165) is 24.4 Å². The van der Waals surface area contributed by atoms with Crippen molar-refractivity contribution in [3.63, 3.8) is 0 Å². The van der Waals surface area contributed by atoms with Crippen molar-refractivity contribution >= 4 is 22.5 Å². The van der Waals surface area contributed by atoms with Gasteiger partial charge in [-0.05, 0) is 25.0 Å². The number of halogens is 4. The van der Waals surface area contributed by atoms with Crippen molar-refractivity contribution in [2.24, 2.45) is 0 Å². The van der Waals surface area contributed by atoms with Gasteiger partial charge in [-0.25, -0.2) is 4.98 Å². The zero-order valence-corrected chi connectivity index (χ0v) is 11.9. The molecule has 0 amide bonds. The second-order valence-electron chi connectivity index (χ2n) is 5.39. The summed E-state index contributed by atoms with van der Waals surface area (Å²) in [6.45, 7) is 0. The molecule has 8 heteroatoms. The van der Waals surface area contributed by atoms with Crippen molar-refractivity contribution in [2.75, 3.05) is 0 Å². The molecule has 4 nitrogen and oxygen atoms in total. The molecule has 3 aromatic rings. The minimum Gasteiger partial charge on any atom is -0.303 e. The number of imidazole rings is 1. The van der Waals surface area contributed by atoms with Crippen LogP contribution in [0.5, 0.6) is 0 Å². The summed E-state index contributed by atoms with van der Waals surface area (Å²) in [4.78, 5) is 3.79. The second kappa shape index (κ2) is 4.49. The maximum atomic E-state index is 12.9. The molecular formula is C14H10ClF3N4. The summed E-state index contributed by atoms with van der Waals surface area (Å²) in [7, 11) is 0. The number of alkyl halides is 3. The molecule has 1 aliphatic carbocycles. The molecule has 4 rings (SSSR count). The van der Waals surface area contributed by atoms with Gasteiger partial charge in [-0.3, -0.25) is 5.10 Å². The molecule has 0 spiro atoms. The molecule has 114 valence electrons. The topological polar surface area (TPSA) is 46.5 Å². The lowest BCUT2D eigenvalue weighted by Gasteiger charge is -2.08. The van der Waals surface area contributed by atoms with Gasteiger partial charge in [0.25, 0.3) is 0 Å². The Morgan fingerprint density at radius 1 is 1.27 bits per heavy atom. The highest BCUT2D eigenvalue weighted by molar-refractivity contribution is 6.35. The van der Waals surface area contributed by atoms with Gasteiger partial charge in [0.2, 0.25) is 0 Å². The van der Waals surface area contributed by atoms with E-state index in [4.69, 9.17) is 11.6 Å². The molecule has 1 aliphatic rings. The van der Waals surface area contributed by atoms with Gasteiger partial charge in [-0.1, -0.05) is 11.6 Å². The van der Waals surface area contributed by atoms with E-state index in [1.54, 1.807) is 18.3 Å². The van der Waals surface area contributed by atoms with Crippen LogP contribution in [-0.4, -0.2) is 19.7 Å². The number of benzene rings is 1. The van der Waals surface area contributed by atoms with Gasteiger partial charge >= 0.3 is 6.18 Å². The minimum atomic E-state index is -4.46. The van der Waals surface area contributed by atoms with Crippen LogP contribution in [0.2, 0.25) is 5.02 Å². The van der Waals surface area contributed by atoms with Crippen LogP contribution in [0.3, 0.4) is 0 Å². The predicted molar refractivity (Wildman–Crippen MR) is 75.2 cm³/mol. The fourth-order valence-corrected chi connectivity index (χ4v) is 2.77. The fraction of sp³-hybridized carbons (Fsp3) is 0.286. The van der Waals surface area contributed by atoms with Gasteiger partial charge in [-0.15, -0.1) is 0 Å². The number of hydrogen-bond acceptors (Lipinski definition) is 2. The van der Waals surface area contributed by atoms with Gasteiger partial charge in [0.15, 0.2) is 5.69 Å². The van der Waals surface area contributed by atoms with E-state index in [0.29, 0.717) is 22.1 Å². The third-order valence-electron chi connectivity index (χ3n) is 3.73. The van der Waals surface area contributed by atoms with Crippen molar-refractivity contribution < 1.29 is 13.2 Å². The van der Waals surface area contributed by atoms with Gasteiger partial charge in [-0.2, -0.15) is 18.3 Å². The summed E-state index contributed by atoms with van der Waals surface area (Å²) in [5, 5.41) is 7.81. The molecule has 1 fully saturated rings. The van der Waals surface area contributed by atoms with E-state index in [1.165, 1.54) is 4.57 Å². The maximum Gasteiger partial charge on any atom is 0.434 e. The van der Waals surface area contributed by atoms with Crippen molar-refractivity contribution in [3.05, 3.63) is 41.1 Å². The van der Waals surface area contributed by atoms with Crippen LogP contribution in [0, 0.1) is 0 Å². The first-order chi connectivity index (χ1) is 10.4. The summed E-state index contributed by atoms with van der Waals surface area (Å²) < 4.78 is 40.3. The molecule has 0 saturated heterocycles. The lowest BCUT2D eigenvalue weighted by molar-refractivity contribution is -0.141. The van der Waals surface area contributed by atoms with Crippen molar-refractivity contribution in [3.8, 4) is 5.69 Å². The van der Waals surface area contributed by atoms with Gasteiger partial charge in [0.1, 0.15) is 5.82 Å². The first-order valence-corrected chi connectivity index (χ1v) is 7.11. The molecule has 1 aromatic carbocycles. The number of H-pyrrole nitrogens is 1. The Morgan fingerprint density at radius 2 is 2.05 bits per heavy atom. The van der Waals surface area contributed by atoms with Crippen LogP contribution in [0.4, 0.5) is 13.2 Å². The molecule has 2 heterocycles. The van der Waals surface area contributed by atoms with E-state index >= 15 is 0 Å². The number of aromatic amines is 1. The number of hydrogen-bond donors (Lipinski definition) is 1. The Hall–Kier alpha value is -2.02. The Bertz CT molecular complexity index is 861. The van der Waals surface area contributed by atoms with Crippen LogP contribution in [-0.2, 0) is 6.18 Å². The number of rotatable bonds is 2. The van der Waals surface area contributed by atoms with Crippen LogP contribution in [0.15, 0.2) is 24.5 Å². The zero-order valence-electron chi connectivity index (χ0n) is 11.2. The van der Waals surface area contributed by atoms with Crippen LogP contribution < -0.4 is 0 Å². The number of fused-ring (bicyclic) bond motifs is 1. The third kappa shape index (κ3) is 2.16. The van der Waals surface area contributed by atoms with Crippen molar-refractivity contribution in [2.45, 2.75) is 24.9 Å². The molecule has 0 bridgehead atoms. The maximum absolute atomic E-state index is 12.9. The summed E-state index contributed by atoms with van der Waals surface area (Å²) in [5.41, 5.74) is 0.344. The number of nitrogens with one attached hydrogen (secondary N) is 1. The first kappa shape index (κ1) is 13.6. The van der Waals surface area contributed by atoms with E-state index in [9.17, 15) is 13.2 Å². The molecule has 0 radical (unpaired) electrons. The summed E-state index contributed by atoms with van der Waals surface area (Å²) in [6, 6.07) is 3.37. The quantitative estimate of drug-likeness (QED) is 0.763. The van der Waals surface area contributed by atoms with Crippen molar-refractivity contribution in [1.82, 2.24) is 19.7 Å². The Balaban J connectivity index is 1.91. The average Bonchev–Trinajstić information content (AvgIpc) is 3.00. The minimum absolute atomic E-state index is 0.0786. The van der Waals surface area contributed by atoms with E-state index in [-0.39, 0.29) is 5.92 Å². The SMILES string of the molecule is FC(F)(F)c1cn(-c2cc(Cl)c3[nH]ncc3c2)c(C2CC2)n1. The molecule has 1 saturated carbocycles. The van der Waals surface area contributed by atoms with Gasteiger partial charge in [0.05, 0.1) is 16.7 Å². The Labute approximate surface area is 127 Å². The highest BCUT2D eigenvalue weighted by Crippen LogP contribution is 2.42. The molecule has 22 heavy (non-hydrogen) atoms. The summed E-state index contributed by atoms with van der Waals surface area (Å²) in [6.07, 6.45) is -0.126. The molecule has 0 unspecified atom stereocenters. The van der Waals surface area contributed by atoms with Crippen LogP contribution in [0.25, 0.3) is 16.6 Å². The predicted octanol–water partition coefficient (Wildman–Crippen LogP) is 4.30. The molecular weight excluding hydrogens is 317 g/mol. The van der Waals surface area contributed by atoms with Crippen LogP contribution in [0.1, 0.15) is 30.3 Å². The lowest BCUT2D eigenvalue weighted by atomic mass is 10.2. The average molecular weight is 327 g/mol. The molecule has 1 N–H and O–H groups in total. The first-order valence-electron chi connectivity index (χ1n) is 6.73. The summed E-state index contributed by atoms with van der Waals surface area (Å²) in [5.74, 6) is 0.515. The lowest BCUT2D eigenvalue weighted by Crippen LogP contribution is -2.05. The van der Waals surface area contributed by atoms with E-state index < -0.39 is 11.9 Å². The zero-order chi connectivity index (χ0) is 15.5. The smallest absolute Gasteiger partial charge is 0.303 e. The molecule has 0 atom stereocenters. The van der Waals surface area contributed by atoms with Gasteiger partial charge < -0.3 is 4.57 Å². The Morgan fingerprint density at radius 3 is 2.73 bits per heavy atom. The van der Waals surface area contributed by atoms with Crippen LogP contribution >= 0.6 is 11.6 Å². The monoisotopic (exact) mass is 326 g/mol. The van der Waals surface area contributed by atoms with E-state index in [1.807, 2.05) is 0 Å². The largest absolute Gasteiger partial charge is 0.434 e. The Kier molecular flexibility index (Phi) is 2.78.